The highest BCUT2D eigenvalue weighted by molar-refractivity contribution is 5.85. The Morgan fingerprint density at radius 3 is 2.33 bits per heavy atom. The number of ether oxygens (including phenoxy) is 3. The highest BCUT2D eigenvalue weighted by Crippen LogP contribution is 2.12. The minimum Gasteiger partial charge on any atom is -0.461 e. The third kappa shape index (κ3) is 10.4. The first kappa shape index (κ1) is 22.6. The third-order valence-electron chi connectivity index (χ3n) is 3.44. The number of carbonyl (C=O) groups excluding carboxylic acids is 3. The van der Waals surface area contributed by atoms with Gasteiger partial charge in [-0.05, 0) is 32.8 Å². The molecular weight excluding hydrogens is 350 g/mol. The van der Waals surface area contributed by atoms with Crippen LogP contribution in [-0.2, 0) is 35.2 Å². The van der Waals surface area contributed by atoms with Crippen LogP contribution in [0.25, 0.3) is 0 Å². The molecule has 0 fully saturated rings. The number of nitrogens with one attached hydrogen (secondary N) is 1. The van der Waals surface area contributed by atoms with Crippen LogP contribution in [0.5, 0.6) is 0 Å². The Labute approximate surface area is 160 Å². The maximum atomic E-state index is 12.3. The van der Waals surface area contributed by atoms with E-state index in [1.54, 1.807) is 20.8 Å². The minimum absolute atomic E-state index is 0.0126. The first-order valence-corrected chi connectivity index (χ1v) is 8.92. The summed E-state index contributed by atoms with van der Waals surface area (Å²) in [6.07, 6.45) is 0.205. The fourth-order valence-electron chi connectivity index (χ4n) is 2.16. The fourth-order valence-corrected chi connectivity index (χ4v) is 2.16. The van der Waals surface area contributed by atoms with Crippen molar-refractivity contribution in [1.82, 2.24) is 5.32 Å². The molecule has 0 aliphatic heterocycles. The van der Waals surface area contributed by atoms with Crippen LogP contribution in [0.4, 0.5) is 0 Å². The van der Waals surface area contributed by atoms with E-state index in [-0.39, 0.29) is 38.4 Å². The molecule has 0 saturated carbocycles. The number of esters is 2. The van der Waals surface area contributed by atoms with Gasteiger partial charge in [0, 0.05) is 20.0 Å². The van der Waals surface area contributed by atoms with Gasteiger partial charge in [-0.1, -0.05) is 30.3 Å². The Hall–Kier alpha value is -2.41. The van der Waals surface area contributed by atoms with Crippen LogP contribution in [0.15, 0.2) is 30.3 Å². The minimum atomic E-state index is -0.919. The van der Waals surface area contributed by atoms with Gasteiger partial charge in [0.05, 0.1) is 6.61 Å². The van der Waals surface area contributed by atoms with Crippen LogP contribution < -0.4 is 5.32 Å². The van der Waals surface area contributed by atoms with Gasteiger partial charge in [-0.3, -0.25) is 9.59 Å². The third-order valence-corrected chi connectivity index (χ3v) is 3.44. The van der Waals surface area contributed by atoms with Crippen molar-refractivity contribution in [3.63, 3.8) is 0 Å². The largest absolute Gasteiger partial charge is 0.461 e. The first-order chi connectivity index (χ1) is 12.7. The normalized spacial score (nSPS) is 12.1. The van der Waals surface area contributed by atoms with Crippen LogP contribution in [0.3, 0.4) is 0 Å². The van der Waals surface area contributed by atoms with Gasteiger partial charge in [0.15, 0.2) is 0 Å². The Bertz CT molecular complexity index is 609. The lowest BCUT2D eigenvalue weighted by Crippen LogP contribution is -2.44. The molecule has 1 rings (SSSR count). The standard InChI is InChI=1S/C20H29NO6/c1-20(2,3)27-19(24)16(21-17(22)12-13-25-4)10-11-18(23)26-14-15-8-6-5-7-9-15/h5-9,16H,10-14H2,1-4H3,(H,21,22). The number of benzene rings is 1. The Balaban J connectivity index is 2.56. The summed E-state index contributed by atoms with van der Waals surface area (Å²) in [6.45, 7) is 5.62. The van der Waals surface area contributed by atoms with E-state index in [1.165, 1.54) is 7.11 Å². The lowest BCUT2D eigenvalue weighted by molar-refractivity contribution is -0.159. The van der Waals surface area contributed by atoms with Gasteiger partial charge in [-0.2, -0.15) is 0 Å². The molecule has 7 heteroatoms. The second kappa shape index (κ2) is 11.3. The molecule has 0 spiro atoms. The van der Waals surface area contributed by atoms with E-state index < -0.39 is 23.6 Å². The summed E-state index contributed by atoms with van der Waals surface area (Å²) in [5.74, 6) is -1.37. The van der Waals surface area contributed by atoms with Crippen molar-refractivity contribution < 1.29 is 28.6 Å². The van der Waals surface area contributed by atoms with Gasteiger partial charge in [-0.15, -0.1) is 0 Å². The smallest absolute Gasteiger partial charge is 0.329 e. The lowest BCUT2D eigenvalue weighted by atomic mass is 10.1. The van der Waals surface area contributed by atoms with Crippen molar-refractivity contribution in [2.75, 3.05) is 13.7 Å². The molecular formula is C20H29NO6. The summed E-state index contributed by atoms with van der Waals surface area (Å²) in [5, 5.41) is 2.60. The first-order valence-electron chi connectivity index (χ1n) is 8.92. The van der Waals surface area contributed by atoms with E-state index in [0.29, 0.717) is 0 Å². The van der Waals surface area contributed by atoms with Crippen molar-refractivity contribution in [2.24, 2.45) is 0 Å². The Kier molecular flexibility index (Phi) is 9.50. The van der Waals surface area contributed by atoms with Crippen LogP contribution in [-0.4, -0.2) is 43.2 Å². The lowest BCUT2D eigenvalue weighted by Gasteiger charge is -2.24. The molecule has 1 aromatic rings. The molecule has 27 heavy (non-hydrogen) atoms. The van der Waals surface area contributed by atoms with Gasteiger partial charge < -0.3 is 19.5 Å². The van der Waals surface area contributed by atoms with E-state index in [4.69, 9.17) is 14.2 Å². The van der Waals surface area contributed by atoms with E-state index in [9.17, 15) is 14.4 Å². The fraction of sp³-hybridized carbons (Fsp3) is 0.550. The molecule has 1 atom stereocenters. The molecule has 7 nitrogen and oxygen atoms in total. The molecule has 0 aliphatic rings. The van der Waals surface area contributed by atoms with E-state index in [2.05, 4.69) is 5.32 Å². The van der Waals surface area contributed by atoms with E-state index >= 15 is 0 Å². The average Bonchev–Trinajstić information content (AvgIpc) is 2.61. The number of hydrogen-bond donors (Lipinski definition) is 1. The maximum absolute atomic E-state index is 12.3. The van der Waals surface area contributed by atoms with Gasteiger partial charge in [0.1, 0.15) is 18.2 Å². The molecule has 0 aromatic heterocycles. The van der Waals surface area contributed by atoms with Crippen molar-refractivity contribution in [2.45, 2.75) is 58.3 Å². The molecule has 0 bridgehead atoms. The summed E-state index contributed by atoms with van der Waals surface area (Å²) >= 11 is 0. The predicted molar refractivity (Wildman–Crippen MR) is 99.7 cm³/mol. The Morgan fingerprint density at radius 1 is 1.07 bits per heavy atom. The second-order valence-corrected chi connectivity index (χ2v) is 7.08. The zero-order chi connectivity index (χ0) is 20.3. The summed E-state index contributed by atoms with van der Waals surface area (Å²) in [6, 6.07) is 8.38. The van der Waals surface area contributed by atoms with Crippen LogP contribution >= 0.6 is 0 Å². The predicted octanol–water partition coefficient (Wildman–Crippen LogP) is 2.37. The molecule has 1 unspecified atom stereocenters. The Morgan fingerprint density at radius 2 is 1.74 bits per heavy atom. The monoisotopic (exact) mass is 379 g/mol. The van der Waals surface area contributed by atoms with E-state index in [0.717, 1.165) is 5.56 Å². The number of amides is 1. The van der Waals surface area contributed by atoms with Crippen molar-refractivity contribution in [3.05, 3.63) is 35.9 Å². The van der Waals surface area contributed by atoms with E-state index in [1.807, 2.05) is 30.3 Å². The van der Waals surface area contributed by atoms with Gasteiger partial charge in [0.2, 0.25) is 5.91 Å². The molecule has 0 radical (unpaired) electrons. The van der Waals surface area contributed by atoms with Crippen LogP contribution in [0.2, 0.25) is 0 Å². The highest BCUT2D eigenvalue weighted by atomic mass is 16.6. The van der Waals surface area contributed by atoms with Crippen molar-refractivity contribution in [3.8, 4) is 0 Å². The quantitative estimate of drug-likeness (QED) is 0.628. The molecule has 150 valence electrons. The SMILES string of the molecule is COCCC(=O)NC(CCC(=O)OCc1ccccc1)C(=O)OC(C)(C)C. The van der Waals surface area contributed by atoms with Crippen molar-refractivity contribution in [1.29, 1.82) is 0 Å². The average molecular weight is 379 g/mol. The molecule has 0 heterocycles. The van der Waals surface area contributed by atoms with Gasteiger partial charge >= 0.3 is 11.9 Å². The van der Waals surface area contributed by atoms with Crippen LogP contribution in [0, 0.1) is 0 Å². The summed E-state index contributed by atoms with van der Waals surface area (Å²) in [4.78, 5) is 36.2. The summed E-state index contributed by atoms with van der Waals surface area (Å²) in [7, 11) is 1.49. The highest BCUT2D eigenvalue weighted by Gasteiger charge is 2.27. The number of methoxy groups -OCH3 is 1. The molecule has 1 N–H and O–H groups in total. The molecule has 0 aliphatic carbocycles. The summed E-state index contributed by atoms with van der Waals surface area (Å²) in [5.41, 5.74) is 0.183. The summed E-state index contributed by atoms with van der Waals surface area (Å²) < 4.78 is 15.4. The number of carbonyl (C=O) groups is 3. The second-order valence-electron chi connectivity index (χ2n) is 7.08. The zero-order valence-corrected chi connectivity index (χ0v) is 16.4. The molecule has 1 aromatic carbocycles. The molecule has 0 saturated heterocycles. The van der Waals surface area contributed by atoms with Crippen molar-refractivity contribution >= 4 is 17.8 Å². The zero-order valence-electron chi connectivity index (χ0n) is 16.4. The molecule has 1 amide bonds. The maximum Gasteiger partial charge on any atom is 0.329 e. The van der Waals surface area contributed by atoms with Gasteiger partial charge in [0.25, 0.3) is 0 Å². The van der Waals surface area contributed by atoms with Gasteiger partial charge in [-0.25, -0.2) is 4.79 Å². The number of hydrogen-bond acceptors (Lipinski definition) is 6. The van der Waals surface area contributed by atoms with Crippen LogP contribution in [0.1, 0.15) is 45.6 Å². The topological polar surface area (TPSA) is 90.9 Å². The number of rotatable bonds is 10.